The van der Waals surface area contributed by atoms with Crippen molar-refractivity contribution in [3.63, 3.8) is 0 Å². The average Bonchev–Trinajstić information content (AvgIpc) is 2.64. The van der Waals surface area contributed by atoms with E-state index in [9.17, 15) is 4.79 Å². The van der Waals surface area contributed by atoms with Crippen molar-refractivity contribution in [2.24, 2.45) is 23.7 Å². The van der Waals surface area contributed by atoms with Crippen molar-refractivity contribution >= 4 is 5.78 Å². The molecule has 2 saturated carbocycles. The van der Waals surface area contributed by atoms with Gasteiger partial charge >= 0.3 is 0 Å². The molecule has 0 aromatic carbocycles. The molecule has 2 fully saturated rings. The number of Topliss-reactive ketones (excluding diaryl/α,β-unsaturated/α-hetero) is 1. The zero-order valence-electron chi connectivity index (χ0n) is 8.75. The maximum Gasteiger partial charge on any atom is 0.132 e. The highest BCUT2D eigenvalue weighted by atomic mass is 16.1. The van der Waals surface area contributed by atoms with Gasteiger partial charge in [-0.15, -0.1) is 0 Å². The molecule has 4 unspecified atom stereocenters. The lowest BCUT2D eigenvalue weighted by atomic mass is 9.82. The Kier molecular flexibility index (Phi) is 2.44. The van der Waals surface area contributed by atoms with Gasteiger partial charge in [0.2, 0.25) is 0 Å². The minimum Gasteiger partial charge on any atom is -0.300 e. The van der Waals surface area contributed by atoms with Crippen molar-refractivity contribution in [2.45, 2.75) is 46.0 Å². The molecular formula is C12H20O. The number of carbonyl (C=O) groups is 1. The third-order valence-corrected chi connectivity index (χ3v) is 4.23. The summed E-state index contributed by atoms with van der Waals surface area (Å²) >= 11 is 0. The molecule has 1 nitrogen and oxygen atoms in total. The smallest absolute Gasteiger partial charge is 0.132 e. The SMILES string of the molecule is CC(=O)C(C)CC1CC2CCC1C2. The molecule has 0 heterocycles. The summed E-state index contributed by atoms with van der Waals surface area (Å²) in [6, 6.07) is 0. The van der Waals surface area contributed by atoms with Crippen molar-refractivity contribution in [1.82, 2.24) is 0 Å². The summed E-state index contributed by atoms with van der Waals surface area (Å²) in [7, 11) is 0. The van der Waals surface area contributed by atoms with E-state index in [0.717, 1.165) is 24.2 Å². The molecule has 0 saturated heterocycles. The molecule has 0 radical (unpaired) electrons. The topological polar surface area (TPSA) is 17.1 Å². The molecule has 2 aliphatic rings. The van der Waals surface area contributed by atoms with Crippen molar-refractivity contribution < 1.29 is 4.79 Å². The van der Waals surface area contributed by atoms with E-state index in [4.69, 9.17) is 0 Å². The Balaban J connectivity index is 1.86. The van der Waals surface area contributed by atoms with Gasteiger partial charge in [0.15, 0.2) is 0 Å². The molecule has 2 aliphatic carbocycles. The second-order valence-corrected chi connectivity index (χ2v) is 5.18. The molecule has 2 rings (SSSR count). The molecule has 0 N–H and O–H groups in total. The molecule has 0 aromatic rings. The molecule has 2 bridgehead atoms. The normalized spacial score (nSPS) is 39.4. The van der Waals surface area contributed by atoms with Gasteiger partial charge in [0, 0.05) is 5.92 Å². The van der Waals surface area contributed by atoms with Gasteiger partial charge < -0.3 is 0 Å². The van der Waals surface area contributed by atoms with E-state index >= 15 is 0 Å². The maximum atomic E-state index is 11.1. The highest BCUT2D eigenvalue weighted by Gasteiger charge is 2.39. The fourth-order valence-corrected chi connectivity index (χ4v) is 3.29. The predicted octanol–water partition coefficient (Wildman–Crippen LogP) is 3.04. The van der Waals surface area contributed by atoms with Crippen LogP contribution in [0.15, 0.2) is 0 Å². The first-order chi connectivity index (χ1) is 6.16. The lowest BCUT2D eigenvalue weighted by molar-refractivity contribution is -0.120. The largest absolute Gasteiger partial charge is 0.300 e. The second kappa shape index (κ2) is 3.43. The third kappa shape index (κ3) is 1.79. The molecular weight excluding hydrogens is 160 g/mol. The summed E-state index contributed by atoms with van der Waals surface area (Å²) in [4.78, 5) is 11.1. The Morgan fingerprint density at radius 1 is 1.38 bits per heavy atom. The number of fused-ring (bicyclic) bond motifs is 2. The van der Waals surface area contributed by atoms with Gasteiger partial charge in [-0.25, -0.2) is 0 Å². The van der Waals surface area contributed by atoms with Crippen LogP contribution >= 0.6 is 0 Å². The Hall–Kier alpha value is -0.330. The minimum atomic E-state index is 0.310. The first kappa shape index (κ1) is 9.23. The summed E-state index contributed by atoms with van der Waals surface area (Å²) in [5.41, 5.74) is 0. The van der Waals surface area contributed by atoms with Crippen molar-refractivity contribution in [1.29, 1.82) is 0 Å². The van der Waals surface area contributed by atoms with Gasteiger partial charge in [0.05, 0.1) is 0 Å². The first-order valence-corrected chi connectivity index (χ1v) is 5.67. The van der Waals surface area contributed by atoms with Crippen LogP contribution in [0.1, 0.15) is 46.0 Å². The van der Waals surface area contributed by atoms with Crippen molar-refractivity contribution in [3.8, 4) is 0 Å². The number of hydrogen-bond donors (Lipinski definition) is 0. The van der Waals surface area contributed by atoms with Crippen LogP contribution in [0, 0.1) is 23.7 Å². The van der Waals surface area contributed by atoms with Gasteiger partial charge in [0.1, 0.15) is 5.78 Å². The van der Waals surface area contributed by atoms with Crippen LogP contribution in [0.25, 0.3) is 0 Å². The summed E-state index contributed by atoms with van der Waals surface area (Å²) in [6.07, 6.45) is 6.96. The summed E-state index contributed by atoms with van der Waals surface area (Å²) in [5.74, 6) is 3.57. The monoisotopic (exact) mass is 180 g/mol. The van der Waals surface area contributed by atoms with Gasteiger partial charge in [-0.2, -0.15) is 0 Å². The Bertz CT molecular complexity index is 209. The highest BCUT2D eigenvalue weighted by Crippen LogP contribution is 2.50. The maximum absolute atomic E-state index is 11.1. The van der Waals surface area contributed by atoms with Crippen LogP contribution in [0.3, 0.4) is 0 Å². The lowest BCUT2D eigenvalue weighted by Gasteiger charge is -2.23. The Labute approximate surface area is 80.9 Å². The number of ketones is 1. The second-order valence-electron chi connectivity index (χ2n) is 5.18. The molecule has 1 heteroatoms. The van der Waals surface area contributed by atoms with E-state index in [2.05, 4.69) is 6.92 Å². The molecule has 0 spiro atoms. The molecule has 0 aliphatic heterocycles. The van der Waals surface area contributed by atoms with E-state index in [-0.39, 0.29) is 0 Å². The molecule has 13 heavy (non-hydrogen) atoms. The van der Waals surface area contributed by atoms with Crippen LogP contribution in [-0.4, -0.2) is 5.78 Å². The average molecular weight is 180 g/mol. The summed E-state index contributed by atoms with van der Waals surface area (Å²) in [6.45, 7) is 3.83. The van der Waals surface area contributed by atoms with Gasteiger partial charge in [-0.3, -0.25) is 4.79 Å². The van der Waals surface area contributed by atoms with Gasteiger partial charge in [-0.1, -0.05) is 13.3 Å². The fourth-order valence-electron chi connectivity index (χ4n) is 3.29. The van der Waals surface area contributed by atoms with Gasteiger partial charge in [-0.05, 0) is 50.4 Å². The third-order valence-electron chi connectivity index (χ3n) is 4.23. The molecule has 74 valence electrons. The van der Waals surface area contributed by atoms with Crippen molar-refractivity contribution in [2.75, 3.05) is 0 Å². The lowest BCUT2D eigenvalue weighted by Crippen LogP contribution is -2.17. The van der Waals surface area contributed by atoms with Crippen LogP contribution in [0.2, 0.25) is 0 Å². The standard InChI is InChI=1S/C12H20O/c1-8(9(2)13)5-12-7-10-3-4-11(12)6-10/h8,10-12H,3-7H2,1-2H3. The van der Waals surface area contributed by atoms with Crippen LogP contribution in [0.5, 0.6) is 0 Å². The molecule has 0 amide bonds. The van der Waals surface area contributed by atoms with Crippen LogP contribution < -0.4 is 0 Å². The minimum absolute atomic E-state index is 0.310. The van der Waals surface area contributed by atoms with Crippen molar-refractivity contribution in [3.05, 3.63) is 0 Å². The quantitative estimate of drug-likeness (QED) is 0.652. The zero-order valence-corrected chi connectivity index (χ0v) is 8.75. The Morgan fingerprint density at radius 3 is 2.62 bits per heavy atom. The number of rotatable bonds is 3. The van der Waals surface area contributed by atoms with E-state index in [1.54, 1.807) is 6.92 Å². The van der Waals surface area contributed by atoms with E-state index in [1.807, 2.05) is 0 Å². The van der Waals surface area contributed by atoms with E-state index in [0.29, 0.717) is 11.7 Å². The number of hydrogen-bond acceptors (Lipinski definition) is 1. The predicted molar refractivity (Wildman–Crippen MR) is 53.4 cm³/mol. The Morgan fingerprint density at radius 2 is 2.15 bits per heavy atom. The van der Waals surface area contributed by atoms with Gasteiger partial charge in [0.25, 0.3) is 0 Å². The summed E-state index contributed by atoms with van der Waals surface area (Å²) < 4.78 is 0. The highest BCUT2D eigenvalue weighted by molar-refractivity contribution is 5.77. The zero-order chi connectivity index (χ0) is 9.42. The van der Waals surface area contributed by atoms with E-state index < -0.39 is 0 Å². The fraction of sp³-hybridized carbons (Fsp3) is 0.917. The molecule has 0 aromatic heterocycles. The van der Waals surface area contributed by atoms with E-state index in [1.165, 1.54) is 25.7 Å². The van der Waals surface area contributed by atoms with Crippen LogP contribution in [-0.2, 0) is 4.79 Å². The summed E-state index contributed by atoms with van der Waals surface area (Å²) in [5, 5.41) is 0. The number of carbonyl (C=O) groups excluding carboxylic acids is 1. The van der Waals surface area contributed by atoms with Crippen LogP contribution in [0.4, 0.5) is 0 Å². The molecule has 4 atom stereocenters. The first-order valence-electron chi connectivity index (χ1n) is 5.67.